The molecule has 25 heteroatoms. The summed E-state index contributed by atoms with van der Waals surface area (Å²) >= 11 is 0. The van der Waals surface area contributed by atoms with E-state index in [2.05, 4.69) is 21.3 Å². The minimum Gasteiger partial charge on any atom is -0.463 e. The van der Waals surface area contributed by atoms with Crippen LogP contribution in [0.3, 0.4) is 0 Å². The molecule has 2 saturated heterocycles. The lowest BCUT2D eigenvalue weighted by atomic mass is 9.93. The van der Waals surface area contributed by atoms with Crippen LogP contribution in [0.5, 0.6) is 0 Å². The van der Waals surface area contributed by atoms with Gasteiger partial charge in [0.2, 0.25) is 29.5 Å². The molecule has 2 heterocycles. The van der Waals surface area contributed by atoms with Gasteiger partial charge in [-0.2, -0.15) is 0 Å². The molecule has 5 unspecified atom stereocenters. The molecule has 0 aromatic heterocycles. The Morgan fingerprint density at radius 2 is 1.18 bits per heavy atom. The van der Waals surface area contributed by atoms with E-state index in [9.17, 15) is 47.9 Å². The first-order valence-corrected chi connectivity index (χ1v) is 22.7. The van der Waals surface area contributed by atoms with Crippen molar-refractivity contribution < 1.29 is 95.3 Å². The number of primary amides is 1. The Balaban J connectivity index is 2.13. The maximum atomic E-state index is 14.0. The molecule has 0 aliphatic carbocycles. The van der Waals surface area contributed by atoms with Crippen molar-refractivity contribution in [1.29, 1.82) is 0 Å². The zero-order chi connectivity index (χ0) is 53.3. The van der Waals surface area contributed by atoms with Crippen LogP contribution in [0.25, 0.3) is 0 Å². The second-order valence-corrected chi connectivity index (χ2v) is 17.8. The Kier molecular flexibility index (Phi) is 22.7. The number of hydrogen-bond donors (Lipinski definition) is 5. The number of nitrogens with two attached hydrogens (primary N) is 1. The van der Waals surface area contributed by atoms with E-state index in [1.165, 1.54) is 20.8 Å². The van der Waals surface area contributed by atoms with E-state index < -0.39 is 158 Å². The number of amides is 5. The molecule has 0 radical (unpaired) electrons. The number of nitrogens with one attached hydrogen (secondary N) is 4. The predicted octanol–water partition coefficient (Wildman–Crippen LogP) is -0.592. The van der Waals surface area contributed by atoms with E-state index in [0.29, 0.717) is 5.56 Å². The summed E-state index contributed by atoms with van der Waals surface area (Å²) in [5.41, 5.74) is 5.38. The first-order valence-electron chi connectivity index (χ1n) is 22.7. The van der Waals surface area contributed by atoms with Crippen molar-refractivity contribution in [2.75, 3.05) is 13.2 Å². The molecule has 396 valence electrons. The Hall–Kier alpha value is -6.28. The van der Waals surface area contributed by atoms with Crippen molar-refractivity contribution in [3.8, 4) is 0 Å². The highest BCUT2D eigenvalue weighted by molar-refractivity contribution is 5.92. The van der Waals surface area contributed by atoms with Crippen LogP contribution in [-0.4, -0.2) is 158 Å². The van der Waals surface area contributed by atoms with Crippen LogP contribution in [0.2, 0.25) is 0 Å². The van der Waals surface area contributed by atoms with Gasteiger partial charge in [-0.15, -0.1) is 0 Å². The molecular formula is C46H67N5O20. The maximum Gasteiger partial charge on any atom is 0.306 e. The molecule has 0 bridgehead atoms. The summed E-state index contributed by atoms with van der Waals surface area (Å²) in [5, 5.41) is 10.2. The minimum atomic E-state index is -1.78. The summed E-state index contributed by atoms with van der Waals surface area (Å²) in [7, 11) is 0. The minimum absolute atomic E-state index is 0.109. The predicted molar refractivity (Wildman–Crippen MR) is 241 cm³/mol. The zero-order valence-electron chi connectivity index (χ0n) is 41.7. The number of esters is 5. The largest absolute Gasteiger partial charge is 0.463 e. The number of ether oxygens (including phenoxy) is 10. The molecule has 5 amide bonds. The molecule has 13 atom stereocenters. The molecule has 71 heavy (non-hydrogen) atoms. The van der Waals surface area contributed by atoms with Crippen LogP contribution in [-0.2, 0) is 102 Å². The average Bonchev–Trinajstić information content (AvgIpc) is 3.25. The van der Waals surface area contributed by atoms with Gasteiger partial charge in [0.1, 0.15) is 73.5 Å². The Bertz CT molecular complexity index is 2050. The highest BCUT2D eigenvalue weighted by Gasteiger charge is 2.56. The third kappa shape index (κ3) is 19.8. The molecular weight excluding hydrogens is 943 g/mol. The van der Waals surface area contributed by atoms with Crippen LogP contribution >= 0.6 is 0 Å². The first kappa shape index (κ1) is 59.0. The van der Waals surface area contributed by atoms with Gasteiger partial charge in [0.15, 0.2) is 24.8 Å². The molecule has 1 aromatic carbocycles. The van der Waals surface area contributed by atoms with E-state index in [1.54, 1.807) is 51.1 Å². The van der Waals surface area contributed by atoms with Gasteiger partial charge in [0, 0.05) is 48.0 Å². The summed E-state index contributed by atoms with van der Waals surface area (Å²) < 4.78 is 59.0. The van der Waals surface area contributed by atoms with Crippen LogP contribution in [0.4, 0.5) is 0 Å². The smallest absolute Gasteiger partial charge is 0.306 e. The van der Waals surface area contributed by atoms with Crippen molar-refractivity contribution in [3.05, 3.63) is 35.9 Å². The van der Waals surface area contributed by atoms with E-state index in [4.69, 9.17) is 53.1 Å². The maximum absolute atomic E-state index is 14.0. The van der Waals surface area contributed by atoms with Crippen LogP contribution in [0.15, 0.2) is 30.3 Å². The summed E-state index contributed by atoms with van der Waals surface area (Å²) in [4.78, 5) is 127. The zero-order valence-corrected chi connectivity index (χ0v) is 41.7. The fraction of sp³-hybridized carbons (Fsp3) is 0.652. The summed E-state index contributed by atoms with van der Waals surface area (Å²) in [5.74, 6) is -8.08. The lowest BCUT2D eigenvalue weighted by Crippen LogP contribution is -2.71. The van der Waals surface area contributed by atoms with Gasteiger partial charge in [-0.25, -0.2) is 0 Å². The molecule has 6 N–H and O–H groups in total. The second kappa shape index (κ2) is 27.4. The second-order valence-electron chi connectivity index (χ2n) is 17.8. The third-order valence-electron chi connectivity index (χ3n) is 10.3. The average molecular weight is 1010 g/mol. The molecule has 1 aromatic rings. The van der Waals surface area contributed by atoms with Crippen molar-refractivity contribution in [3.63, 3.8) is 0 Å². The quantitative estimate of drug-likeness (QED) is 0.0675. The van der Waals surface area contributed by atoms with Gasteiger partial charge in [-0.1, -0.05) is 30.3 Å². The van der Waals surface area contributed by atoms with E-state index >= 15 is 0 Å². The number of hydrogen-bond acceptors (Lipinski definition) is 20. The Labute approximate surface area is 410 Å². The molecule has 2 aliphatic heterocycles. The number of carbonyl (C=O) groups is 10. The van der Waals surface area contributed by atoms with Gasteiger partial charge in [0.25, 0.3) is 0 Å². The van der Waals surface area contributed by atoms with Crippen molar-refractivity contribution in [1.82, 2.24) is 21.3 Å². The van der Waals surface area contributed by atoms with Crippen LogP contribution in [0, 0.1) is 0 Å². The summed E-state index contributed by atoms with van der Waals surface area (Å²) in [6.45, 7) is 12.9. The van der Waals surface area contributed by atoms with Crippen LogP contribution < -0.4 is 27.0 Å². The van der Waals surface area contributed by atoms with E-state index in [-0.39, 0.29) is 19.4 Å². The van der Waals surface area contributed by atoms with Gasteiger partial charge < -0.3 is 74.4 Å². The van der Waals surface area contributed by atoms with Gasteiger partial charge >= 0.3 is 29.8 Å². The van der Waals surface area contributed by atoms with Crippen molar-refractivity contribution in [2.45, 2.75) is 181 Å². The fourth-order valence-electron chi connectivity index (χ4n) is 7.34. The van der Waals surface area contributed by atoms with Crippen molar-refractivity contribution >= 4 is 59.4 Å². The van der Waals surface area contributed by atoms with E-state index in [0.717, 1.165) is 34.6 Å². The monoisotopic (exact) mass is 1010 g/mol. The Morgan fingerprint density at radius 1 is 0.662 bits per heavy atom. The molecule has 2 aliphatic rings. The summed E-state index contributed by atoms with van der Waals surface area (Å²) in [6.07, 6.45) is -14.5. The van der Waals surface area contributed by atoms with Gasteiger partial charge in [-0.05, 0) is 46.6 Å². The molecule has 25 nitrogen and oxygen atoms in total. The molecule has 0 spiro atoms. The lowest BCUT2D eigenvalue weighted by molar-refractivity contribution is -0.339. The van der Waals surface area contributed by atoms with Gasteiger partial charge in [-0.3, -0.25) is 47.9 Å². The highest BCUT2D eigenvalue weighted by atomic mass is 16.7. The Morgan fingerprint density at radius 3 is 1.69 bits per heavy atom. The lowest BCUT2D eigenvalue weighted by Gasteiger charge is -2.50. The van der Waals surface area contributed by atoms with Gasteiger partial charge in [0.05, 0.1) is 6.61 Å². The fourth-order valence-corrected chi connectivity index (χ4v) is 7.34. The standard InChI is InChI=1S/C46H67N5O20/c1-22(42(60)51-31(41(47)59)17-18-34(58)71-46(9,10)11)48-43(61)23(2)65-39-35(49-24(3)52)44(64-19-30-15-13-12-14-16-30)68-33(21-63-27(6)55)38(39)70-45-36(50-25(4)53)40(67-29(8)57)37(66-28(7)56)32(69-45)20-62-26(5)54/h12-16,22-23,31-33,35-40,44-45H,17-21H2,1-11H3,(H2,47,59)(H,48,61)(H,49,52)(H,50,53)(H,51,60)/t22-,23+,31?,32-,33?,35?,36?,37+,38+,39+,40?,44-,45-/m0/s1. The molecule has 0 saturated carbocycles. The highest BCUT2D eigenvalue weighted by Crippen LogP contribution is 2.34. The van der Waals surface area contributed by atoms with E-state index in [1.807, 2.05) is 0 Å². The number of carbonyl (C=O) groups excluding carboxylic acids is 10. The first-order chi connectivity index (χ1) is 33.1. The third-order valence-corrected chi connectivity index (χ3v) is 10.3. The molecule has 2 fully saturated rings. The molecule has 3 rings (SSSR count). The number of benzene rings is 1. The van der Waals surface area contributed by atoms with Crippen molar-refractivity contribution in [2.24, 2.45) is 5.73 Å². The SMILES string of the molecule is CC(=O)NC1C(OC(C)=O)[C@H](OC(C)=O)[C@H](COC(C)=O)O[C@H]1O[C@@H]1C(COC(C)=O)O[C@H](OCc2ccccc2)C(NC(C)=O)[C@H]1O[C@H](C)C(=O)N[C@@H](C)C(=O)NC(CCC(=O)OC(C)(C)C)C(N)=O. The topological polar surface area (TPSA) is 337 Å². The number of rotatable bonds is 23. The van der Waals surface area contributed by atoms with Crippen LogP contribution in [0.1, 0.15) is 94.6 Å². The normalized spacial score (nSPS) is 25.3. The summed E-state index contributed by atoms with van der Waals surface area (Å²) in [6, 6.07) is 3.17.